The van der Waals surface area contributed by atoms with Crippen LogP contribution in [0.4, 0.5) is 0 Å². The van der Waals surface area contributed by atoms with Crippen molar-refractivity contribution >= 4 is 0 Å². The highest BCUT2D eigenvalue weighted by Gasteiger charge is 2.26. The van der Waals surface area contributed by atoms with Gasteiger partial charge in [-0.1, -0.05) is 46.5 Å². The lowest BCUT2D eigenvalue weighted by atomic mass is 9.89. The van der Waals surface area contributed by atoms with Crippen molar-refractivity contribution in [2.75, 3.05) is 26.2 Å². The Morgan fingerprint density at radius 3 is 2.59 bits per heavy atom. The van der Waals surface area contributed by atoms with Gasteiger partial charge in [0.25, 0.3) is 0 Å². The molecule has 1 saturated heterocycles. The van der Waals surface area contributed by atoms with Gasteiger partial charge < -0.3 is 10.2 Å². The van der Waals surface area contributed by atoms with Crippen molar-refractivity contribution in [1.29, 1.82) is 0 Å². The summed E-state index contributed by atoms with van der Waals surface area (Å²) in [7, 11) is 0. The number of nitrogens with zero attached hydrogens (tertiary/aromatic N) is 1. The maximum absolute atomic E-state index is 3.66. The van der Waals surface area contributed by atoms with Gasteiger partial charge in [0.15, 0.2) is 0 Å². The Balaban J connectivity index is 2.22. The highest BCUT2D eigenvalue weighted by molar-refractivity contribution is 4.84. The van der Waals surface area contributed by atoms with Crippen LogP contribution in [0.1, 0.15) is 59.3 Å². The van der Waals surface area contributed by atoms with Crippen LogP contribution in [0.25, 0.3) is 0 Å². The summed E-state index contributed by atoms with van der Waals surface area (Å²) in [5, 5.41) is 3.66. The lowest BCUT2D eigenvalue weighted by molar-refractivity contribution is 0.134. The predicted molar refractivity (Wildman–Crippen MR) is 76.4 cm³/mol. The molecule has 0 bridgehead atoms. The van der Waals surface area contributed by atoms with Gasteiger partial charge in [0.1, 0.15) is 0 Å². The van der Waals surface area contributed by atoms with Crippen LogP contribution in [0.2, 0.25) is 0 Å². The third-order valence-electron chi connectivity index (χ3n) is 4.14. The van der Waals surface area contributed by atoms with Crippen LogP contribution in [0.15, 0.2) is 0 Å². The molecule has 1 aliphatic rings. The van der Waals surface area contributed by atoms with Crippen LogP contribution in [0.5, 0.6) is 0 Å². The highest BCUT2D eigenvalue weighted by atomic mass is 15.1. The van der Waals surface area contributed by atoms with Crippen LogP contribution in [0, 0.1) is 5.92 Å². The molecule has 0 saturated carbocycles. The molecule has 2 atom stereocenters. The van der Waals surface area contributed by atoms with Crippen molar-refractivity contribution in [3.8, 4) is 0 Å². The van der Waals surface area contributed by atoms with Crippen molar-refractivity contribution < 1.29 is 0 Å². The van der Waals surface area contributed by atoms with E-state index in [1.54, 1.807) is 0 Å². The van der Waals surface area contributed by atoms with Crippen molar-refractivity contribution in [3.05, 3.63) is 0 Å². The molecule has 0 amide bonds. The van der Waals surface area contributed by atoms with Crippen molar-refractivity contribution in [3.63, 3.8) is 0 Å². The van der Waals surface area contributed by atoms with E-state index in [1.165, 1.54) is 58.2 Å². The number of hydrogen-bond donors (Lipinski definition) is 1. The van der Waals surface area contributed by atoms with E-state index in [4.69, 9.17) is 0 Å². The van der Waals surface area contributed by atoms with Crippen molar-refractivity contribution in [2.45, 2.75) is 65.3 Å². The van der Waals surface area contributed by atoms with Gasteiger partial charge in [-0.15, -0.1) is 0 Å². The first-order chi connectivity index (χ1) is 8.31. The molecular formula is C15H32N2. The lowest BCUT2D eigenvalue weighted by Gasteiger charge is -2.38. The SMILES string of the molecule is CCCCCCN1CCC(NCC)C(CC)C1. The molecule has 0 aromatic rings. The molecule has 0 aromatic heterocycles. The third kappa shape index (κ3) is 5.39. The average molecular weight is 240 g/mol. The molecule has 2 heteroatoms. The van der Waals surface area contributed by atoms with E-state index in [9.17, 15) is 0 Å². The van der Waals surface area contributed by atoms with Gasteiger partial charge in [-0.05, 0) is 38.4 Å². The van der Waals surface area contributed by atoms with Gasteiger partial charge in [-0.25, -0.2) is 0 Å². The number of hydrogen-bond acceptors (Lipinski definition) is 2. The number of piperidine rings is 1. The Morgan fingerprint density at radius 1 is 1.12 bits per heavy atom. The fourth-order valence-electron chi connectivity index (χ4n) is 3.02. The zero-order valence-corrected chi connectivity index (χ0v) is 12.2. The molecule has 1 heterocycles. The Morgan fingerprint density at radius 2 is 1.94 bits per heavy atom. The number of unbranched alkanes of at least 4 members (excludes halogenated alkanes) is 3. The third-order valence-corrected chi connectivity index (χ3v) is 4.14. The van der Waals surface area contributed by atoms with Gasteiger partial charge >= 0.3 is 0 Å². The van der Waals surface area contributed by atoms with E-state index in [2.05, 4.69) is 31.0 Å². The number of nitrogens with one attached hydrogen (secondary N) is 1. The number of rotatable bonds is 8. The van der Waals surface area contributed by atoms with Crippen LogP contribution in [-0.4, -0.2) is 37.1 Å². The zero-order valence-electron chi connectivity index (χ0n) is 12.2. The number of likely N-dealkylation sites (tertiary alicyclic amines) is 1. The minimum atomic E-state index is 0.775. The molecular weight excluding hydrogens is 208 g/mol. The van der Waals surface area contributed by atoms with E-state index in [1.807, 2.05) is 0 Å². The summed E-state index contributed by atoms with van der Waals surface area (Å²) >= 11 is 0. The molecule has 2 unspecified atom stereocenters. The molecule has 1 fully saturated rings. The first kappa shape index (κ1) is 15.0. The van der Waals surface area contributed by atoms with E-state index in [0.29, 0.717) is 0 Å². The summed E-state index contributed by atoms with van der Waals surface area (Å²) in [6.45, 7) is 11.9. The van der Waals surface area contributed by atoms with Crippen LogP contribution in [-0.2, 0) is 0 Å². The first-order valence-electron chi connectivity index (χ1n) is 7.77. The quantitative estimate of drug-likeness (QED) is 0.655. The summed E-state index contributed by atoms with van der Waals surface area (Å²) in [5.41, 5.74) is 0. The molecule has 1 aliphatic heterocycles. The largest absolute Gasteiger partial charge is 0.314 e. The second kappa shape index (κ2) is 8.93. The minimum absolute atomic E-state index is 0.775. The van der Waals surface area contributed by atoms with Crippen molar-refractivity contribution in [1.82, 2.24) is 10.2 Å². The molecule has 1 rings (SSSR count). The summed E-state index contributed by atoms with van der Waals surface area (Å²) in [5.74, 6) is 0.870. The molecule has 17 heavy (non-hydrogen) atoms. The van der Waals surface area contributed by atoms with Gasteiger partial charge in [-0.3, -0.25) is 0 Å². The fraction of sp³-hybridized carbons (Fsp3) is 1.00. The topological polar surface area (TPSA) is 15.3 Å². The highest BCUT2D eigenvalue weighted by Crippen LogP contribution is 2.20. The summed E-state index contributed by atoms with van der Waals surface area (Å²) in [4.78, 5) is 2.69. The predicted octanol–water partition coefficient (Wildman–Crippen LogP) is 3.28. The maximum atomic E-state index is 3.66. The van der Waals surface area contributed by atoms with E-state index in [0.717, 1.165) is 18.5 Å². The molecule has 0 spiro atoms. The average Bonchev–Trinajstić information content (AvgIpc) is 2.36. The lowest BCUT2D eigenvalue weighted by Crippen LogP contribution is -2.49. The first-order valence-corrected chi connectivity index (χ1v) is 7.77. The smallest absolute Gasteiger partial charge is 0.0119 e. The standard InChI is InChI=1S/C15H32N2/c1-4-7-8-9-11-17-12-10-15(16-6-3)14(5-2)13-17/h14-16H,4-13H2,1-3H3. The van der Waals surface area contributed by atoms with Crippen LogP contribution in [0.3, 0.4) is 0 Å². The van der Waals surface area contributed by atoms with Gasteiger partial charge in [-0.2, -0.15) is 0 Å². The molecule has 2 nitrogen and oxygen atoms in total. The maximum Gasteiger partial charge on any atom is 0.0119 e. The Bertz CT molecular complexity index is 180. The van der Waals surface area contributed by atoms with Gasteiger partial charge in [0.05, 0.1) is 0 Å². The van der Waals surface area contributed by atoms with Crippen LogP contribution >= 0.6 is 0 Å². The van der Waals surface area contributed by atoms with Gasteiger partial charge in [0.2, 0.25) is 0 Å². The molecule has 0 radical (unpaired) electrons. The van der Waals surface area contributed by atoms with Crippen molar-refractivity contribution in [2.24, 2.45) is 5.92 Å². The van der Waals surface area contributed by atoms with Gasteiger partial charge in [0, 0.05) is 12.6 Å². The summed E-state index contributed by atoms with van der Waals surface area (Å²) in [6, 6.07) is 0.775. The molecule has 0 aliphatic carbocycles. The Hall–Kier alpha value is -0.0800. The molecule has 1 N–H and O–H groups in total. The second-order valence-electron chi connectivity index (χ2n) is 5.48. The fourth-order valence-corrected chi connectivity index (χ4v) is 3.02. The summed E-state index contributed by atoms with van der Waals surface area (Å²) < 4.78 is 0. The van der Waals surface area contributed by atoms with E-state index in [-0.39, 0.29) is 0 Å². The van der Waals surface area contributed by atoms with Crippen LogP contribution < -0.4 is 5.32 Å². The summed E-state index contributed by atoms with van der Waals surface area (Å²) in [6.07, 6.45) is 8.24. The van der Waals surface area contributed by atoms with E-state index >= 15 is 0 Å². The Labute approximate surface area is 108 Å². The monoisotopic (exact) mass is 240 g/mol. The van der Waals surface area contributed by atoms with E-state index < -0.39 is 0 Å². The molecule has 102 valence electrons. The Kier molecular flexibility index (Phi) is 7.87. The second-order valence-corrected chi connectivity index (χ2v) is 5.48. The minimum Gasteiger partial charge on any atom is -0.314 e. The molecule has 0 aromatic carbocycles. The normalized spacial score (nSPS) is 26.3. The zero-order chi connectivity index (χ0) is 12.5.